The van der Waals surface area contributed by atoms with Crippen LogP contribution >= 0.6 is 0 Å². The molecule has 1 aliphatic rings. The van der Waals surface area contributed by atoms with Crippen molar-refractivity contribution in [3.05, 3.63) is 42.1 Å². The Labute approximate surface area is 147 Å². The van der Waals surface area contributed by atoms with E-state index in [4.69, 9.17) is 4.74 Å². The first kappa shape index (κ1) is 16.3. The minimum Gasteiger partial charge on any atom is -0.376 e. The summed E-state index contributed by atoms with van der Waals surface area (Å²) in [5.41, 5.74) is 0.604. The highest BCUT2D eigenvalue weighted by molar-refractivity contribution is 5.91. The second-order valence-electron chi connectivity index (χ2n) is 5.86. The highest BCUT2D eigenvalue weighted by Crippen LogP contribution is 2.19. The maximum absolute atomic E-state index is 14.0. The zero-order valence-corrected chi connectivity index (χ0v) is 13.7. The molecule has 0 bridgehead atoms. The number of halogens is 1. The molecule has 1 aliphatic heterocycles. The van der Waals surface area contributed by atoms with Gasteiger partial charge in [0.25, 0.3) is 5.91 Å². The highest BCUT2D eigenvalue weighted by Gasteiger charge is 2.20. The number of benzene rings is 1. The Hall–Kier alpha value is -3.14. The molecule has 1 atom stereocenters. The highest BCUT2D eigenvalue weighted by atomic mass is 19.1. The van der Waals surface area contributed by atoms with Gasteiger partial charge in [0.2, 0.25) is 5.82 Å². The number of imidazole rings is 1. The van der Waals surface area contributed by atoms with E-state index >= 15 is 0 Å². The Morgan fingerprint density at radius 1 is 1.42 bits per heavy atom. The molecule has 2 aromatic heterocycles. The van der Waals surface area contributed by atoms with Crippen molar-refractivity contribution in [3.63, 3.8) is 0 Å². The van der Waals surface area contributed by atoms with Gasteiger partial charge in [0.15, 0.2) is 5.82 Å². The molecule has 1 aromatic carbocycles. The van der Waals surface area contributed by atoms with E-state index in [2.05, 4.69) is 30.8 Å². The standard InChI is InChI=1S/C16H16FN7O2/c17-11-5-1-2-6-13(11)24-15(21-22-23-24)12-9-18-14(20-12)16(25)19-8-10-4-3-7-26-10/h1-2,5-6,9-10H,3-4,7-8H2,(H,18,20)(H,19,25). The number of carbonyl (C=O) groups is 1. The summed E-state index contributed by atoms with van der Waals surface area (Å²) in [6.45, 7) is 1.16. The van der Waals surface area contributed by atoms with Crippen molar-refractivity contribution in [1.29, 1.82) is 0 Å². The molecule has 2 N–H and O–H groups in total. The number of amides is 1. The van der Waals surface area contributed by atoms with Crippen molar-refractivity contribution in [2.24, 2.45) is 0 Å². The zero-order chi connectivity index (χ0) is 17.9. The van der Waals surface area contributed by atoms with Crippen molar-refractivity contribution in [2.45, 2.75) is 18.9 Å². The second kappa shape index (κ2) is 7.00. The van der Waals surface area contributed by atoms with Gasteiger partial charge >= 0.3 is 0 Å². The summed E-state index contributed by atoms with van der Waals surface area (Å²) in [4.78, 5) is 19.1. The predicted molar refractivity (Wildman–Crippen MR) is 88.0 cm³/mol. The van der Waals surface area contributed by atoms with E-state index in [0.29, 0.717) is 12.2 Å². The number of carbonyl (C=O) groups excluding carboxylic acids is 1. The number of rotatable bonds is 5. The number of aromatic nitrogens is 6. The van der Waals surface area contributed by atoms with Crippen LogP contribution in [0.15, 0.2) is 30.5 Å². The first-order valence-corrected chi connectivity index (χ1v) is 8.21. The molecule has 0 saturated carbocycles. The molecule has 3 heterocycles. The molecule has 134 valence electrons. The van der Waals surface area contributed by atoms with E-state index in [0.717, 1.165) is 19.4 Å². The van der Waals surface area contributed by atoms with Crippen molar-refractivity contribution in [3.8, 4) is 17.2 Å². The Morgan fingerprint density at radius 3 is 3.12 bits per heavy atom. The van der Waals surface area contributed by atoms with Gasteiger partial charge in [0.1, 0.15) is 17.2 Å². The van der Waals surface area contributed by atoms with E-state index in [-0.39, 0.29) is 29.3 Å². The average Bonchev–Trinajstić information content (AvgIpc) is 3.40. The molecule has 0 radical (unpaired) electrons. The Bertz CT molecular complexity index is 917. The fourth-order valence-electron chi connectivity index (χ4n) is 2.79. The van der Waals surface area contributed by atoms with Crippen LogP contribution in [0.25, 0.3) is 17.2 Å². The number of tetrazole rings is 1. The molecule has 26 heavy (non-hydrogen) atoms. The van der Waals surface area contributed by atoms with Gasteiger partial charge < -0.3 is 15.0 Å². The SMILES string of the molecule is O=C(NCC1CCCO1)c1ncc(-c2nnnn2-c2ccccc2F)[nH]1. The number of para-hydroxylation sites is 1. The topological polar surface area (TPSA) is 111 Å². The van der Waals surface area contributed by atoms with Crippen LogP contribution in [0.2, 0.25) is 0 Å². The smallest absolute Gasteiger partial charge is 0.287 e. The zero-order valence-electron chi connectivity index (χ0n) is 13.7. The van der Waals surface area contributed by atoms with E-state index < -0.39 is 5.82 Å². The molecule has 1 fully saturated rings. The number of H-pyrrole nitrogens is 1. The number of hydrogen-bond donors (Lipinski definition) is 2. The Balaban J connectivity index is 1.53. The number of nitrogens with one attached hydrogen (secondary N) is 2. The molecular formula is C16H16FN7O2. The van der Waals surface area contributed by atoms with Crippen LogP contribution in [-0.2, 0) is 4.74 Å². The molecule has 1 amide bonds. The molecule has 10 heteroatoms. The Morgan fingerprint density at radius 2 is 2.31 bits per heavy atom. The van der Waals surface area contributed by atoms with Gasteiger partial charge in [-0.1, -0.05) is 12.1 Å². The number of ether oxygens (including phenoxy) is 1. The lowest BCUT2D eigenvalue weighted by molar-refractivity contribution is 0.0850. The van der Waals surface area contributed by atoms with Crippen LogP contribution < -0.4 is 5.32 Å². The van der Waals surface area contributed by atoms with Crippen molar-refractivity contribution < 1.29 is 13.9 Å². The molecule has 4 rings (SSSR count). The monoisotopic (exact) mass is 357 g/mol. The fourth-order valence-corrected chi connectivity index (χ4v) is 2.79. The minimum absolute atomic E-state index is 0.0433. The molecular weight excluding hydrogens is 341 g/mol. The lowest BCUT2D eigenvalue weighted by Gasteiger charge is -2.09. The van der Waals surface area contributed by atoms with Gasteiger partial charge in [-0.15, -0.1) is 5.10 Å². The summed E-state index contributed by atoms with van der Waals surface area (Å²) >= 11 is 0. The van der Waals surface area contributed by atoms with Crippen LogP contribution in [0.4, 0.5) is 4.39 Å². The van der Waals surface area contributed by atoms with E-state index in [1.165, 1.54) is 16.9 Å². The normalized spacial score (nSPS) is 16.7. The lowest BCUT2D eigenvalue weighted by Crippen LogP contribution is -2.32. The van der Waals surface area contributed by atoms with Crippen LogP contribution in [0, 0.1) is 5.82 Å². The molecule has 0 aliphatic carbocycles. The summed E-state index contributed by atoms with van der Waals surface area (Å²) in [5, 5.41) is 14.1. The molecule has 0 spiro atoms. The first-order valence-electron chi connectivity index (χ1n) is 8.21. The van der Waals surface area contributed by atoms with Gasteiger partial charge in [-0.25, -0.2) is 9.37 Å². The predicted octanol–water partition coefficient (Wildman–Crippen LogP) is 1.10. The quantitative estimate of drug-likeness (QED) is 0.707. The maximum atomic E-state index is 14.0. The third kappa shape index (κ3) is 3.18. The molecule has 1 saturated heterocycles. The van der Waals surface area contributed by atoms with Crippen molar-refractivity contribution in [1.82, 2.24) is 35.5 Å². The summed E-state index contributed by atoms with van der Waals surface area (Å²) < 4.78 is 20.7. The van der Waals surface area contributed by atoms with Gasteiger partial charge in [0.05, 0.1) is 12.3 Å². The summed E-state index contributed by atoms with van der Waals surface area (Å²) in [5.74, 6) is -0.436. The first-order chi connectivity index (χ1) is 12.7. The van der Waals surface area contributed by atoms with Gasteiger partial charge in [-0.05, 0) is 35.4 Å². The third-order valence-electron chi connectivity index (χ3n) is 4.10. The van der Waals surface area contributed by atoms with Crippen molar-refractivity contribution >= 4 is 5.91 Å². The van der Waals surface area contributed by atoms with Gasteiger partial charge in [-0.3, -0.25) is 4.79 Å². The van der Waals surface area contributed by atoms with E-state index in [1.54, 1.807) is 18.2 Å². The number of nitrogens with zero attached hydrogens (tertiary/aromatic N) is 5. The van der Waals surface area contributed by atoms with Crippen LogP contribution in [0.3, 0.4) is 0 Å². The summed E-state index contributed by atoms with van der Waals surface area (Å²) in [6.07, 6.45) is 3.41. The number of hydrogen-bond acceptors (Lipinski definition) is 6. The third-order valence-corrected chi connectivity index (χ3v) is 4.10. The summed E-state index contributed by atoms with van der Waals surface area (Å²) in [6, 6.07) is 6.13. The van der Waals surface area contributed by atoms with Gasteiger partial charge in [0, 0.05) is 13.2 Å². The van der Waals surface area contributed by atoms with Crippen LogP contribution in [0.1, 0.15) is 23.5 Å². The largest absolute Gasteiger partial charge is 0.376 e. The van der Waals surface area contributed by atoms with Crippen LogP contribution in [-0.4, -0.2) is 55.3 Å². The lowest BCUT2D eigenvalue weighted by atomic mass is 10.2. The van der Waals surface area contributed by atoms with E-state index in [9.17, 15) is 9.18 Å². The number of aromatic amines is 1. The average molecular weight is 357 g/mol. The fraction of sp³-hybridized carbons (Fsp3) is 0.312. The molecule has 3 aromatic rings. The van der Waals surface area contributed by atoms with Crippen molar-refractivity contribution in [2.75, 3.05) is 13.2 Å². The molecule has 9 nitrogen and oxygen atoms in total. The van der Waals surface area contributed by atoms with E-state index in [1.807, 2.05) is 0 Å². The maximum Gasteiger partial charge on any atom is 0.287 e. The Kier molecular flexibility index (Phi) is 4.40. The van der Waals surface area contributed by atoms with Gasteiger partial charge in [-0.2, -0.15) is 4.68 Å². The second-order valence-corrected chi connectivity index (χ2v) is 5.86. The van der Waals surface area contributed by atoms with Crippen LogP contribution in [0.5, 0.6) is 0 Å². The molecule has 1 unspecified atom stereocenters. The summed E-state index contributed by atoms with van der Waals surface area (Å²) in [7, 11) is 0. The minimum atomic E-state index is -0.463.